The maximum Gasteiger partial charge on any atom is 0.301 e. The van der Waals surface area contributed by atoms with E-state index in [4.69, 9.17) is 4.74 Å². The Morgan fingerprint density at radius 1 is 1.10 bits per heavy atom. The first-order valence-electron chi connectivity index (χ1n) is 9.36. The molecule has 6 nitrogen and oxygen atoms in total. The number of hydrogen-bond donors (Lipinski definition) is 1. The minimum absolute atomic E-state index is 0.0324. The third kappa shape index (κ3) is 3.27. The van der Waals surface area contributed by atoms with E-state index in [0.29, 0.717) is 22.0 Å². The van der Waals surface area contributed by atoms with Crippen LogP contribution in [0.1, 0.15) is 27.7 Å². The monoisotopic (exact) mass is 420 g/mol. The Morgan fingerprint density at radius 2 is 1.83 bits per heavy atom. The van der Waals surface area contributed by atoms with E-state index in [0.717, 1.165) is 10.6 Å². The molecule has 1 atom stereocenters. The molecule has 1 amide bonds. The van der Waals surface area contributed by atoms with Crippen molar-refractivity contribution in [2.75, 3.05) is 12.0 Å². The number of amides is 1. The number of anilines is 1. The van der Waals surface area contributed by atoms with Crippen LogP contribution in [-0.4, -0.2) is 28.9 Å². The summed E-state index contributed by atoms with van der Waals surface area (Å²) in [6, 6.07) is 15.1. The van der Waals surface area contributed by atoms with E-state index >= 15 is 0 Å². The fraction of sp³-hybridized carbons (Fsp3) is 0.174. The van der Waals surface area contributed by atoms with E-state index in [-0.39, 0.29) is 11.3 Å². The van der Waals surface area contributed by atoms with Crippen LogP contribution < -0.4 is 9.64 Å². The lowest BCUT2D eigenvalue weighted by Gasteiger charge is -2.23. The number of benzene rings is 2. The van der Waals surface area contributed by atoms with Gasteiger partial charge in [0.05, 0.1) is 24.4 Å². The lowest BCUT2D eigenvalue weighted by molar-refractivity contribution is -0.132. The molecule has 152 valence electrons. The number of nitrogens with zero attached hydrogens (tertiary/aromatic N) is 2. The number of Topliss-reactive ketones (excluding diaryl/α,β-unsaturated/α-hetero) is 1. The molecule has 1 N–H and O–H groups in total. The Hall–Kier alpha value is -3.45. The van der Waals surface area contributed by atoms with Gasteiger partial charge in [-0.05, 0) is 31.5 Å². The van der Waals surface area contributed by atoms with E-state index in [1.165, 1.54) is 16.2 Å². The smallest absolute Gasteiger partial charge is 0.301 e. The molecule has 0 spiro atoms. The van der Waals surface area contributed by atoms with Gasteiger partial charge in [0, 0.05) is 10.4 Å². The van der Waals surface area contributed by atoms with E-state index in [1.54, 1.807) is 55.6 Å². The van der Waals surface area contributed by atoms with Crippen LogP contribution in [-0.2, 0) is 9.59 Å². The topological polar surface area (TPSA) is 79.7 Å². The SMILES string of the molecule is COc1cccc(C2C(=C(O)c3ccccc3)C(=O)C(=O)N2c2nc(C)c(C)s2)c1. The average molecular weight is 420 g/mol. The summed E-state index contributed by atoms with van der Waals surface area (Å²) in [5.74, 6) is -1.08. The van der Waals surface area contributed by atoms with E-state index in [2.05, 4.69) is 4.98 Å². The quantitative estimate of drug-likeness (QED) is 0.385. The number of aryl methyl sites for hydroxylation is 2. The minimum atomic E-state index is -0.815. The van der Waals surface area contributed by atoms with E-state index in [9.17, 15) is 14.7 Å². The average Bonchev–Trinajstić information content (AvgIpc) is 3.23. The Labute approximate surface area is 178 Å². The Kier molecular flexibility index (Phi) is 5.13. The molecule has 30 heavy (non-hydrogen) atoms. The highest BCUT2D eigenvalue weighted by atomic mass is 32.1. The highest BCUT2D eigenvalue weighted by Gasteiger charge is 2.48. The summed E-state index contributed by atoms with van der Waals surface area (Å²) in [6.07, 6.45) is 0. The van der Waals surface area contributed by atoms with Crippen LogP contribution in [0.3, 0.4) is 0 Å². The normalized spacial score (nSPS) is 18.1. The van der Waals surface area contributed by atoms with Crippen LogP contribution in [0.15, 0.2) is 60.2 Å². The first kappa shape index (κ1) is 19.8. The van der Waals surface area contributed by atoms with Crippen LogP contribution in [0.25, 0.3) is 5.76 Å². The number of carbonyl (C=O) groups excluding carboxylic acids is 2. The lowest BCUT2D eigenvalue weighted by Crippen LogP contribution is -2.29. The molecule has 0 radical (unpaired) electrons. The van der Waals surface area contributed by atoms with Gasteiger partial charge in [-0.25, -0.2) is 4.98 Å². The fourth-order valence-corrected chi connectivity index (χ4v) is 4.40. The predicted octanol–water partition coefficient (Wildman–Crippen LogP) is 4.39. The number of ketones is 1. The Bertz CT molecular complexity index is 1150. The van der Waals surface area contributed by atoms with Gasteiger partial charge in [0.1, 0.15) is 11.5 Å². The van der Waals surface area contributed by atoms with Crippen LogP contribution in [0.2, 0.25) is 0 Å². The van der Waals surface area contributed by atoms with Crippen LogP contribution in [0.4, 0.5) is 5.13 Å². The van der Waals surface area contributed by atoms with Gasteiger partial charge in [-0.2, -0.15) is 0 Å². The summed E-state index contributed by atoms with van der Waals surface area (Å²) in [7, 11) is 1.55. The molecule has 1 unspecified atom stereocenters. The maximum absolute atomic E-state index is 13.1. The van der Waals surface area contributed by atoms with Crippen molar-refractivity contribution >= 4 is 33.9 Å². The van der Waals surface area contributed by atoms with Gasteiger partial charge < -0.3 is 9.84 Å². The van der Waals surface area contributed by atoms with Gasteiger partial charge in [-0.3, -0.25) is 14.5 Å². The van der Waals surface area contributed by atoms with Crippen molar-refractivity contribution in [1.82, 2.24) is 4.98 Å². The molecule has 1 saturated heterocycles. The highest BCUT2D eigenvalue weighted by Crippen LogP contribution is 2.44. The van der Waals surface area contributed by atoms with Crippen molar-refractivity contribution in [2.45, 2.75) is 19.9 Å². The molecule has 0 bridgehead atoms. The van der Waals surface area contributed by atoms with Crippen molar-refractivity contribution in [3.8, 4) is 5.75 Å². The summed E-state index contributed by atoms with van der Waals surface area (Å²) in [4.78, 5) is 33.0. The molecule has 4 rings (SSSR count). The largest absolute Gasteiger partial charge is 0.507 e. The number of aromatic nitrogens is 1. The molecular weight excluding hydrogens is 400 g/mol. The van der Waals surface area contributed by atoms with Gasteiger partial charge >= 0.3 is 5.91 Å². The van der Waals surface area contributed by atoms with Crippen molar-refractivity contribution in [3.05, 3.63) is 81.9 Å². The Morgan fingerprint density at radius 3 is 2.47 bits per heavy atom. The van der Waals surface area contributed by atoms with Crippen LogP contribution in [0.5, 0.6) is 5.75 Å². The summed E-state index contributed by atoms with van der Waals surface area (Å²) in [5, 5.41) is 11.4. The second-order valence-electron chi connectivity index (χ2n) is 6.95. The first-order chi connectivity index (χ1) is 14.4. The molecule has 1 fully saturated rings. The molecule has 2 aromatic carbocycles. The highest BCUT2D eigenvalue weighted by molar-refractivity contribution is 7.16. The van der Waals surface area contributed by atoms with Crippen molar-refractivity contribution in [3.63, 3.8) is 0 Å². The van der Waals surface area contributed by atoms with Crippen molar-refractivity contribution in [2.24, 2.45) is 0 Å². The maximum atomic E-state index is 13.1. The van der Waals surface area contributed by atoms with Crippen molar-refractivity contribution in [1.29, 1.82) is 0 Å². The number of aliphatic hydroxyl groups is 1. The number of ether oxygens (including phenoxy) is 1. The van der Waals surface area contributed by atoms with Crippen LogP contribution >= 0.6 is 11.3 Å². The zero-order valence-corrected chi connectivity index (χ0v) is 17.6. The molecule has 0 saturated carbocycles. The van der Waals surface area contributed by atoms with E-state index in [1.807, 2.05) is 19.9 Å². The second kappa shape index (κ2) is 7.76. The summed E-state index contributed by atoms with van der Waals surface area (Å²) >= 11 is 1.34. The van der Waals surface area contributed by atoms with Gasteiger partial charge in [-0.1, -0.05) is 42.5 Å². The molecular formula is C23H20N2O4S. The van der Waals surface area contributed by atoms with Gasteiger partial charge in [0.2, 0.25) is 0 Å². The lowest BCUT2D eigenvalue weighted by atomic mass is 9.95. The molecule has 2 heterocycles. The molecule has 1 aliphatic rings. The predicted molar refractivity (Wildman–Crippen MR) is 116 cm³/mol. The van der Waals surface area contributed by atoms with Gasteiger partial charge in [0.25, 0.3) is 5.78 Å². The first-order valence-corrected chi connectivity index (χ1v) is 10.2. The third-order valence-corrected chi connectivity index (χ3v) is 6.20. The second-order valence-corrected chi connectivity index (χ2v) is 8.13. The molecule has 1 aromatic heterocycles. The van der Waals surface area contributed by atoms with Crippen molar-refractivity contribution < 1.29 is 19.4 Å². The van der Waals surface area contributed by atoms with Gasteiger partial charge in [0.15, 0.2) is 5.13 Å². The number of aliphatic hydroxyl groups excluding tert-OH is 1. The molecule has 7 heteroatoms. The number of methoxy groups -OCH3 is 1. The minimum Gasteiger partial charge on any atom is -0.507 e. The van der Waals surface area contributed by atoms with Gasteiger partial charge in [-0.15, -0.1) is 11.3 Å². The number of hydrogen-bond acceptors (Lipinski definition) is 6. The Balaban J connectivity index is 1.96. The third-order valence-electron chi connectivity index (χ3n) is 5.12. The fourth-order valence-electron chi connectivity index (χ4n) is 3.47. The zero-order chi connectivity index (χ0) is 21.4. The summed E-state index contributed by atoms with van der Waals surface area (Å²) in [5.41, 5.74) is 1.95. The standard InChI is InChI=1S/C23H20N2O4S/c1-13-14(2)30-23(24-13)25-19(16-10-7-11-17(12-16)29-3)18(21(27)22(25)28)20(26)15-8-5-4-6-9-15/h4-12,19,26H,1-3H3. The molecule has 0 aliphatic carbocycles. The molecule has 1 aliphatic heterocycles. The zero-order valence-electron chi connectivity index (χ0n) is 16.7. The number of rotatable bonds is 4. The summed E-state index contributed by atoms with van der Waals surface area (Å²) < 4.78 is 5.33. The molecule has 3 aromatic rings. The number of carbonyl (C=O) groups is 2. The number of thiazole rings is 1. The summed E-state index contributed by atoms with van der Waals surface area (Å²) in [6.45, 7) is 3.77. The van der Waals surface area contributed by atoms with Crippen LogP contribution in [0, 0.1) is 13.8 Å². The van der Waals surface area contributed by atoms with E-state index < -0.39 is 17.7 Å².